The minimum absolute atomic E-state index is 0.0820. The highest BCUT2D eigenvalue weighted by Crippen LogP contribution is 2.36. The summed E-state index contributed by atoms with van der Waals surface area (Å²) in [5.41, 5.74) is 2.12. The van der Waals surface area contributed by atoms with Crippen LogP contribution in [0.5, 0.6) is 0 Å². The Morgan fingerprint density at radius 2 is 1.54 bits per heavy atom. The monoisotopic (exact) mass is 321 g/mol. The number of anilines is 1. The molecule has 0 saturated carbocycles. The lowest BCUT2D eigenvalue weighted by atomic mass is 10.0. The first kappa shape index (κ1) is 14.9. The zero-order valence-corrected chi connectivity index (χ0v) is 13.5. The molecule has 2 aliphatic rings. The normalized spacial score (nSPS) is 23.9. The summed E-state index contributed by atoms with van der Waals surface area (Å²) in [6.45, 7) is 1.14. The molecule has 2 amide bonds. The van der Waals surface area contributed by atoms with Crippen LogP contribution < -0.4 is 5.01 Å². The van der Waals surface area contributed by atoms with Crippen molar-refractivity contribution in [2.45, 2.75) is 12.6 Å². The Labute approximate surface area is 141 Å². The molecule has 2 fully saturated rings. The van der Waals surface area contributed by atoms with Crippen molar-refractivity contribution >= 4 is 17.5 Å². The van der Waals surface area contributed by atoms with E-state index in [9.17, 15) is 9.59 Å². The van der Waals surface area contributed by atoms with Gasteiger partial charge in [0.15, 0.2) is 0 Å². The molecule has 2 saturated heterocycles. The summed E-state index contributed by atoms with van der Waals surface area (Å²) in [7, 11) is 1.58. The first-order chi connectivity index (χ1) is 11.7. The van der Waals surface area contributed by atoms with Crippen LogP contribution in [0, 0.1) is 5.92 Å². The number of fused-ring (bicyclic) bond motifs is 1. The smallest absolute Gasteiger partial charge is 0.249 e. The summed E-state index contributed by atoms with van der Waals surface area (Å²) in [5, 5.41) is 4.12. The molecule has 0 aliphatic carbocycles. The van der Waals surface area contributed by atoms with Gasteiger partial charge in [-0.3, -0.25) is 14.5 Å². The molecule has 0 spiro atoms. The van der Waals surface area contributed by atoms with E-state index in [-0.39, 0.29) is 17.7 Å². The van der Waals surface area contributed by atoms with Crippen molar-refractivity contribution in [3.8, 4) is 0 Å². The van der Waals surface area contributed by atoms with Gasteiger partial charge in [0.1, 0.15) is 6.04 Å². The molecule has 0 aromatic heterocycles. The van der Waals surface area contributed by atoms with Crippen LogP contribution in [0.25, 0.3) is 0 Å². The molecule has 0 radical (unpaired) electrons. The molecule has 122 valence electrons. The van der Waals surface area contributed by atoms with Crippen molar-refractivity contribution < 1.29 is 9.59 Å². The SMILES string of the molecule is CN1C(=O)C2CN(c3ccccc3)N(Cc3ccccc3)C2C1=O. The van der Waals surface area contributed by atoms with Gasteiger partial charge < -0.3 is 5.01 Å². The molecule has 2 aliphatic heterocycles. The summed E-state index contributed by atoms with van der Waals surface area (Å²) in [5.74, 6) is -0.493. The molecular weight excluding hydrogens is 302 g/mol. The van der Waals surface area contributed by atoms with Crippen LogP contribution >= 0.6 is 0 Å². The maximum absolute atomic E-state index is 12.6. The Morgan fingerprint density at radius 3 is 2.21 bits per heavy atom. The van der Waals surface area contributed by atoms with Crippen molar-refractivity contribution in [3.05, 3.63) is 66.2 Å². The zero-order chi connectivity index (χ0) is 16.7. The molecule has 5 heteroatoms. The lowest BCUT2D eigenvalue weighted by Crippen LogP contribution is -2.46. The van der Waals surface area contributed by atoms with Gasteiger partial charge in [0, 0.05) is 20.1 Å². The molecule has 2 aromatic rings. The van der Waals surface area contributed by atoms with Gasteiger partial charge in [-0.15, -0.1) is 0 Å². The number of para-hydroxylation sites is 1. The number of hydrogen-bond donors (Lipinski definition) is 0. The van der Waals surface area contributed by atoms with E-state index in [0.29, 0.717) is 13.1 Å². The number of benzene rings is 2. The molecule has 2 aromatic carbocycles. The predicted molar refractivity (Wildman–Crippen MR) is 90.8 cm³/mol. The van der Waals surface area contributed by atoms with Gasteiger partial charge in [0.2, 0.25) is 11.8 Å². The quantitative estimate of drug-likeness (QED) is 0.810. The van der Waals surface area contributed by atoms with Crippen molar-refractivity contribution in [2.75, 3.05) is 18.6 Å². The highest BCUT2D eigenvalue weighted by molar-refractivity contribution is 6.07. The largest absolute Gasteiger partial charge is 0.304 e. The fraction of sp³-hybridized carbons (Fsp3) is 0.263. The van der Waals surface area contributed by atoms with Crippen LogP contribution in [0.3, 0.4) is 0 Å². The number of hydrazine groups is 1. The average Bonchev–Trinajstić information content (AvgIpc) is 3.09. The van der Waals surface area contributed by atoms with E-state index in [1.807, 2.05) is 65.7 Å². The number of imide groups is 1. The third-order valence-electron chi connectivity index (χ3n) is 4.85. The predicted octanol–water partition coefficient (Wildman–Crippen LogP) is 1.91. The third kappa shape index (κ3) is 2.29. The summed E-state index contributed by atoms with van der Waals surface area (Å²) in [6.07, 6.45) is 0. The summed E-state index contributed by atoms with van der Waals surface area (Å²) in [4.78, 5) is 26.3. The molecular formula is C19H19N3O2. The molecule has 4 rings (SSSR count). The topological polar surface area (TPSA) is 43.9 Å². The molecule has 0 bridgehead atoms. The third-order valence-corrected chi connectivity index (χ3v) is 4.85. The number of likely N-dealkylation sites (tertiary alicyclic amines) is 1. The number of amides is 2. The van der Waals surface area contributed by atoms with E-state index < -0.39 is 6.04 Å². The van der Waals surface area contributed by atoms with Gasteiger partial charge in [0.25, 0.3) is 0 Å². The second-order valence-corrected chi connectivity index (χ2v) is 6.29. The van der Waals surface area contributed by atoms with Gasteiger partial charge in [-0.05, 0) is 17.7 Å². The van der Waals surface area contributed by atoms with E-state index in [4.69, 9.17) is 0 Å². The Kier molecular flexibility index (Phi) is 3.58. The Balaban J connectivity index is 1.71. The van der Waals surface area contributed by atoms with E-state index in [0.717, 1.165) is 11.3 Å². The van der Waals surface area contributed by atoms with Gasteiger partial charge in [-0.2, -0.15) is 0 Å². The fourth-order valence-corrected chi connectivity index (χ4v) is 3.63. The highest BCUT2D eigenvalue weighted by atomic mass is 16.2. The van der Waals surface area contributed by atoms with E-state index in [1.165, 1.54) is 4.90 Å². The lowest BCUT2D eigenvalue weighted by molar-refractivity contribution is -0.139. The first-order valence-electron chi connectivity index (χ1n) is 8.11. The fourth-order valence-electron chi connectivity index (χ4n) is 3.63. The zero-order valence-electron chi connectivity index (χ0n) is 13.5. The Bertz CT molecular complexity index is 763. The molecule has 2 unspecified atom stereocenters. The number of carbonyl (C=O) groups is 2. The van der Waals surface area contributed by atoms with Crippen molar-refractivity contribution in [1.82, 2.24) is 9.91 Å². The lowest BCUT2D eigenvalue weighted by Gasteiger charge is -2.33. The first-order valence-corrected chi connectivity index (χ1v) is 8.11. The number of nitrogens with zero attached hydrogens (tertiary/aromatic N) is 3. The van der Waals surface area contributed by atoms with Crippen LogP contribution in [-0.4, -0.2) is 41.4 Å². The Hall–Kier alpha value is -2.66. The number of rotatable bonds is 3. The highest BCUT2D eigenvalue weighted by Gasteiger charge is 2.55. The minimum atomic E-state index is -0.414. The van der Waals surface area contributed by atoms with Crippen LogP contribution in [0.4, 0.5) is 5.69 Å². The van der Waals surface area contributed by atoms with Gasteiger partial charge in [0.05, 0.1) is 11.6 Å². The number of likely N-dealkylation sites (N-methyl/N-ethyl adjacent to an activating group) is 1. The maximum Gasteiger partial charge on any atom is 0.249 e. The van der Waals surface area contributed by atoms with Crippen molar-refractivity contribution in [3.63, 3.8) is 0 Å². The van der Waals surface area contributed by atoms with Crippen LogP contribution in [0.2, 0.25) is 0 Å². The summed E-state index contributed by atoms with van der Waals surface area (Å²) in [6, 6.07) is 19.6. The van der Waals surface area contributed by atoms with Gasteiger partial charge in [-0.25, -0.2) is 5.01 Å². The summed E-state index contributed by atoms with van der Waals surface area (Å²) < 4.78 is 0. The Morgan fingerprint density at radius 1 is 0.917 bits per heavy atom. The van der Waals surface area contributed by atoms with Crippen LogP contribution in [-0.2, 0) is 16.1 Å². The van der Waals surface area contributed by atoms with Crippen molar-refractivity contribution in [2.24, 2.45) is 5.92 Å². The van der Waals surface area contributed by atoms with E-state index >= 15 is 0 Å². The van der Waals surface area contributed by atoms with Crippen LogP contribution in [0.15, 0.2) is 60.7 Å². The second-order valence-electron chi connectivity index (χ2n) is 6.29. The van der Waals surface area contributed by atoms with Crippen LogP contribution in [0.1, 0.15) is 5.56 Å². The molecule has 5 nitrogen and oxygen atoms in total. The van der Waals surface area contributed by atoms with Gasteiger partial charge >= 0.3 is 0 Å². The van der Waals surface area contributed by atoms with E-state index in [1.54, 1.807) is 7.05 Å². The minimum Gasteiger partial charge on any atom is -0.304 e. The molecule has 2 atom stereocenters. The summed E-state index contributed by atoms with van der Waals surface area (Å²) >= 11 is 0. The number of hydrogen-bond acceptors (Lipinski definition) is 4. The van der Waals surface area contributed by atoms with Gasteiger partial charge in [-0.1, -0.05) is 48.5 Å². The second kappa shape index (κ2) is 5.76. The standard InChI is InChI=1S/C19H19N3O2/c1-20-18(23)16-13-21(15-10-6-3-7-11-15)22(17(16)19(20)24)12-14-8-4-2-5-9-14/h2-11,16-17H,12-13H2,1H3. The molecule has 2 heterocycles. The number of carbonyl (C=O) groups excluding carboxylic acids is 2. The average molecular weight is 321 g/mol. The molecule has 0 N–H and O–H groups in total. The van der Waals surface area contributed by atoms with Crippen molar-refractivity contribution in [1.29, 1.82) is 0 Å². The maximum atomic E-state index is 12.6. The molecule has 24 heavy (non-hydrogen) atoms. The van der Waals surface area contributed by atoms with E-state index in [2.05, 4.69) is 5.01 Å².